The number of carboxylic acids is 1. The second kappa shape index (κ2) is 11.5. The zero-order valence-corrected chi connectivity index (χ0v) is 23.8. The minimum absolute atomic E-state index is 0.0281. The van der Waals surface area contributed by atoms with Crippen molar-refractivity contribution in [3.63, 3.8) is 0 Å². The summed E-state index contributed by atoms with van der Waals surface area (Å²) in [7, 11) is 0. The molecule has 15 heteroatoms. The Bertz CT molecular complexity index is 1700. The standard InChI is InChI=1S/C29H27F3N6O6/c1-28(2,3)44-27(42)37(13-16-4-5-16)22-12-18(10-11-33-22)25-35-21(15-43-25)24(39)34-20-14-38(36-23(20)29(30,31)32)19-8-6-17(7-9-19)26(40)41/h6-12,14-16H,4-5,13H2,1-3H3,(H,34,39)(H,40,41). The Labute approximate surface area is 248 Å². The van der Waals surface area contributed by atoms with Crippen LogP contribution in [0.15, 0.2) is 59.5 Å². The van der Waals surface area contributed by atoms with E-state index in [0.29, 0.717) is 18.0 Å². The summed E-state index contributed by atoms with van der Waals surface area (Å²) < 4.78 is 53.2. The zero-order valence-electron chi connectivity index (χ0n) is 23.8. The molecule has 1 aliphatic rings. The predicted molar refractivity (Wildman–Crippen MR) is 150 cm³/mol. The van der Waals surface area contributed by atoms with Gasteiger partial charge in [0.2, 0.25) is 5.89 Å². The van der Waals surface area contributed by atoms with Crippen LogP contribution in [0.2, 0.25) is 0 Å². The molecule has 2 amide bonds. The van der Waals surface area contributed by atoms with Gasteiger partial charge in [-0.05, 0) is 75.9 Å². The number of carbonyl (C=O) groups excluding carboxylic acids is 2. The van der Waals surface area contributed by atoms with Crippen molar-refractivity contribution in [3.05, 3.63) is 72.0 Å². The van der Waals surface area contributed by atoms with E-state index in [-0.39, 0.29) is 28.7 Å². The smallest absolute Gasteiger partial charge is 0.437 e. The monoisotopic (exact) mass is 612 g/mol. The number of alkyl halides is 3. The Balaban J connectivity index is 1.37. The predicted octanol–water partition coefficient (Wildman–Crippen LogP) is 6.04. The van der Waals surface area contributed by atoms with Gasteiger partial charge in [-0.2, -0.15) is 18.3 Å². The van der Waals surface area contributed by atoms with Crippen LogP contribution in [0.25, 0.3) is 17.1 Å². The molecule has 2 N–H and O–H groups in total. The maximum atomic E-state index is 13.8. The summed E-state index contributed by atoms with van der Waals surface area (Å²) >= 11 is 0. The van der Waals surface area contributed by atoms with Crippen molar-refractivity contribution in [1.29, 1.82) is 0 Å². The molecular weight excluding hydrogens is 585 g/mol. The summed E-state index contributed by atoms with van der Waals surface area (Å²) in [5.41, 5.74) is -2.61. The molecule has 0 radical (unpaired) electrons. The third-order valence-corrected chi connectivity index (χ3v) is 6.37. The largest absolute Gasteiger partial charge is 0.478 e. The first-order valence-electron chi connectivity index (χ1n) is 13.4. The fourth-order valence-electron chi connectivity index (χ4n) is 4.10. The summed E-state index contributed by atoms with van der Waals surface area (Å²) in [5.74, 6) is -1.62. The fraction of sp³-hybridized carbons (Fsp3) is 0.310. The quantitative estimate of drug-likeness (QED) is 0.242. The number of halogens is 3. The van der Waals surface area contributed by atoms with Crippen molar-refractivity contribution in [1.82, 2.24) is 19.7 Å². The number of hydrogen-bond donors (Lipinski definition) is 2. The molecule has 0 aliphatic heterocycles. The van der Waals surface area contributed by atoms with Crippen LogP contribution in [-0.2, 0) is 10.9 Å². The van der Waals surface area contributed by atoms with Gasteiger partial charge in [-0.25, -0.2) is 24.2 Å². The highest BCUT2D eigenvalue weighted by Crippen LogP contribution is 2.35. The molecule has 230 valence electrons. The number of aromatic nitrogens is 4. The first-order chi connectivity index (χ1) is 20.7. The van der Waals surface area contributed by atoms with Crippen LogP contribution in [0.3, 0.4) is 0 Å². The Morgan fingerprint density at radius 2 is 1.84 bits per heavy atom. The second-order valence-corrected chi connectivity index (χ2v) is 11.1. The van der Waals surface area contributed by atoms with Gasteiger partial charge < -0.3 is 19.6 Å². The number of ether oxygens (including phenoxy) is 1. The van der Waals surface area contributed by atoms with Gasteiger partial charge in [0.1, 0.15) is 17.7 Å². The van der Waals surface area contributed by atoms with Gasteiger partial charge in [-0.15, -0.1) is 0 Å². The topological polar surface area (TPSA) is 153 Å². The van der Waals surface area contributed by atoms with Crippen LogP contribution < -0.4 is 10.2 Å². The Morgan fingerprint density at radius 1 is 1.14 bits per heavy atom. The summed E-state index contributed by atoms with van der Waals surface area (Å²) in [6.45, 7) is 5.67. The van der Waals surface area contributed by atoms with Crippen molar-refractivity contribution in [2.45, 2.75) is 45.4 Å². The number of carboxylic acid groups (broad SMARTS) is 1. The highest BCUT2D eigenvalue weighted by Gasteiger charge is 2.38. The van der Waals surface area contributed by atoms with E-state index in [2.05, 4.69) is 20.4 Å². The SMILES string of the molecule is CC(C)(C)OC(=O)N(CC1CC1)c1cc(-c2nc(C(=O)Nc3cn(-c4ccc(C(=O)O)cc4)nc3C(F)(F)F)co2)ccn1. The Hall–Kier alpha value is -5.21. The molecule has 3 heterocycles. The molecule has 5 rings (SSSR count). The van der Waals surface area contributed by atoms with E-state index in [4.69, 9.17) is 14.3 Å². The molecule has 1 saturated carbocycles. The minimum atomic E-state index is -4.92. The molecule has 44 heavy (non-hydrogen) atoms. The van der Waals surface area contributed by atoms with Crippen molar-refractivity contribution in [2.24, 2.45) is 5.92 Å². The number of pyridine rings is 1. The molecule has 12 nitrogen and oxygen atoms in total. The molecular formula is C29H27F3N6O6. The lowest BCUT2D eigenvalue weighted by Crippen LogP contribution is -2.38. The van der Waals surface area contributed by atoms with Crippen LogP contribution in [0.4, 0.5) is 29.5 Å². The second-order valence-electron chi connectivity index (χ2n) is 11.1. The van der Waals surface area contributed by atoms with E-state index >= 15 is 0 Å². The van der Waals surface area contributed by atoms with Crippen LogP contribution in [0, 0.1) is 5.92 Å². The number of anilines is 2. The van der Waals surface area contributed by atoms with E-state index in [9.17, 15) is 27.6 Å². The Morgan fingerprint density at radius 3 is 2.45 bits per heavy atom. The molecule has 4 aromatic rings. The summed E-state index contributed by atoms with van der Waals surface area (Å²) in [5, 5.41) is 14.8. The zero-order chi connectivity index (χ0) is 31.8. The lowest BCUT2D eigenvalue weighted by atomic mass is 10.2. The summed E-state index contributed by atoms with van der Waals surface area (Å²) in [4.78, 5) is 46.8. The molecule has 0 unspecified atom stereocenters. The van der Waals surface area contributed by atoms with Crippen molar-refractivity contribution < 1.29 is 41.8 Å². The van der Waals surface area contributed by atoms with Gasteiger partial charge in [-0.3, -0.25) is 9.69 Å². The number of nitrogens with zero attached hydrogens (tertiary/aromatic N) is 5. The van der Waals surface area contributed by atoms with E-state index in [0.717, 1.165) is 30.0 Å². The lowest BCUT2D eigenvalue weighted by Gasteiger charge is -2.27. The fourth-order valence-corrected chi connectivity index (χ4v) is 4.10. The van der Waals surface area contributed by atoms with E-state index < -0.39 is 41.1 Å². The van der Waals surface area contributed by atoms with E-state index in [1.165, 1.54) is 35.4 Å². The van der Waals surface area contributed by atoms with E-state index in [1.54, 1.807) is 32.9 Å². The van der Waals surface area contributed by atoms with Crippen LogP contribution in [0.5, 0.6) is 0 Å². The van der Waals surface area contributed by atoms with Crippen molar-refractivity contribution >= 4 is 29.5 Å². The van der Waals surface area contributed by atoms with Gasteiger partial charge in [0.05, 0.1) is 23.1 Å². The van der Waals surface area contributed by atoms with Crippen molar-refractivity contribution in [3.8, 4) is 17.1 Å². The van der Waals surface area contributed by atoms with Gasteiger partial charge in [0.15, 0.2) is 11.4 Å². The number of oxazole rings is 1. The minimum Gasteiger partial charge on any atom is -0.478 e. The molecule has 1 aliphatic carbocycles. The molecule has 1 fully saturated rings. The maximum Gasteiger partial charge on any atom is 0.437 e. The molecule has 1 aromatic carbocycles. The van der Waals surface area contributed by atoms with Crippen LogP contribution in [-0.4, -0.2) is 55.0 Å². The number of carbonyl (C=O) groups is 3. The van der Waals surface area contributed by atoms with Crippen LogP contribution in [0.1, 0.15) is 60.2 Å². The number of benzene rings is 1. The number of amides is 2. The van der Waals surface area contributed by atoms with Gasteiger partial charge >= 0.3 is 18.2 Å². The van der Waals surface area contributed by atoms with E-state index in [1.807, 2.05) is 0 Å². The number of nitrogens with one attached hydrogen (secondary N) is 1. The van der Waals surface area contributed by atoms with Gasteiger partial charge in [-0.1, -0.05) is 0 Å². The average Bonchev–Trinajstić information content (AvgIpc) is 3.44. The Kier molecular flexibility index (Phi) is 7.88. The van der Waals surface area contributed by atoms with Gasteiger partial charge in [0, 0.05) is 18.3 Å². The molecule has 0 bridgehead atoms. The molecule has 0 atom stereocenters. The first-order valence-corrected chi connectivity index (χ1v) is 13.4. The molecule has 3 aromatic heterocycles. The third-order valence-electron chi connectivity index (χ3n) is 6.37. The normalized spacial score (nSPS) is 13.4. The van der Waals surface area contributed by atoms with Crippen molar-refractivity contribution in [2.75, 3.05) is 16.8 Å². The van der Waals surface area contributed by atoms with Crippen LogP contribution >= 0.6 is 0 Å². The maximum absolute atomic E-state index is 13.8. The highest BCUT2D eigenvalue weighted by atomic mass is 19.4. The number of hydrogen-bond acceptors (Lipinski definition) is 8. The molecule has 0 saturated heterocycles. The summed E-state index contributed by atoms with van der Waals surface area (Å²) in [6, 6.07) is 8.08. The third kappa shape index (κ3) is 7.04. The van der Waals surface area contributed by atoms with Gasteiger partial charge in [0.25, 0.3) is 5.91 Å². The number of aromatic carboxylic acids is 1. The molecule has 0 spiro atoms. The summed E-state index contributed by atoms with van der Waals surface area (Å²) in [6.07, 6.45) is -0.156. The average molecular weight is 613 g/mol. The highest BCUT2D eigenvalue weighted by molar-refractivity contribution is 6.03. The first kappa shape index (κ1) is 30.3. The number of rotatable bonds is 8. The lowest BCUT2D eigenvalue weighted by molar-refractivity contribution is -0.140.